The number of carbonyl (C=O) groups excluding carboxylic acids is 3. The van der Waals surface area contributed by atoms with Crippen LogP contribution in [0.2, 0.25) is 0 Å². The van der Waals surface area contributed by atoms with E-state index in [9.17, 15) is 14.4 Å². The standard InChI is InChI=1S/C21H27NO5/c1-5-16(4)14-22(15-17-11-9-8-10-12-17)19(23)13-18(20(24)26-6-2)21(25)27-7-3/h5,8-13H,6-7,14-15H2,1-4H3/b16-5+. The van der Waals surface area contributed by atoms with Crippen LogP contribution < -0.4 is 0 Å². The second-order valence-electron chi connectivity index (χ2n) is 5.81. The largest absolute Gasteiger partial charge is 0.462 e. The second kappa shape index (κ2) is 11.7. The molecule has 1 aromatic carbocycles. The van der Waals surface area contributed by atoms with Gasteiger partial charge in [-0.15, -0.1) is 0 Å². The number of hydrogen-bond donors (Lipinski definition) is 0. The molecule has 1 amide bonds. The highest BCUT2D eigenvalue weighted by Gasteiger charge is 2.24. The molecule has 0 N–H and O–H groups in total. The van der Waals surface area contributed by atoms with E-state index in [0.29, 0.717) is 13.1 Å². The molecule has 0 aliphatic rings. The number of amides is 1. The monoisotopic (exact) mass is 373 g/mol. The molecule has 0 fully saturated rings. The third kappa shape index (κ3) is 7.48. The Labute approximate surface area is 160 Å². The number of benzene rings is 1. The molecule has 1 aromatic rings. The normalized spacial score (nSPS) is 10.7. The summed E-state index contributed by atoms with van der Waals surface area (Å²) in [4.78, 5) is 38.6. The molecule has 0 saturated carbocycles. The van der Waals surface area contributed by atoms with Crippen LogP contribution in [0.15, 0.2) is 53.6 Å². The van der Waals surface area contributed by atoms with Gasteiger partial charge >= 0.3 is 11.9 Å². The molecule has 0 heterocycles. The third-order valence-electron chi connectivity index (χ3n) is 3.72. The molecule has 146 valence electrons. The number of hydrogen-bond acceptors (Lipinski definition) is 5. The molecule has 0 radical (unpaired) electrons. The van der Waals surface area contributed by atoms with Gasteiger partial charge in [-0.2, -0.15) is 0 Å². The molecule has 0 aromatic heterocycles. The van der Waals surface area contributed by atoms with Crippen LogP contribution >= 0.6 is 0 Å². The SMILES string of the molecule is C/C=C(\C)CN(Cc1ccccc1)C(=O)C=C(C(=O)OCC)C(=O)OCC. The minimum Gasteiger partial charge on any atom is -0.462 e. The number of carbonyl (C=O) groups is 3. The lowest BCUT2D eigenvalue weighted by Gasteiger charge is -2.22. The van der Waals surface area contributed by atoms with E-state index in [4.69, 9.17) is 9.47 Å². The first-order chi connectivity index (χ1) is 12.9. The summed E-state index contributed by atoms with van der Waals surface area (Å²) in [6, 6.07) is 9.49. The summed E-state index contributed by atoms with van der Waals surface area (Å²) in [5.41, 5.74) is 1.53. The van der Waals surface area contributed by atoms with Crippen molar-refractivity contribution in [3.05, 3.63) is 59.2 Å². The molecular formula is C21H27NO5. The topological polar surface area (TPSA) is 72.9 Å². The van der Waals surface area contributed by atoms with Gasteiger partial charge in [0.2, 0.25) is 5.91 Å². The molecule has 0 atom stereocenters. The first kappa shape index (κ1) is 22.2. The Hall–Kier alpha value is -2.89. The maximum Gasteiger partial charge on any atom is 0.345 e. The van der Waals surface area contributed by atoms with Crippen molar-refractivity contribution >= 4 is 17.8 Å². The molecule has 0 bridgehead atoms. The van der Waals surface area contributed by atoms with Gasteiger partial charge in [0.1, 0.15) is 5.57 Å². The Kier molecular flexibility index (Phi) is 9.58. The zero-order valence-electron chi connectivity index (χ0n) is 16.4. The molecule has 0 spiro atoms. The summed E-state index contributed by atoms with van der Waals surface area (Å²) in [6.45, 7) is 7.95. The van der Waals surface area contributed by atoms with Gasteiger partial charge < -0.3 is 14.4 Å². The molecule has 27 heavy (non-hydrogen) atoms. The van der Waals surface area contributed by atoms with E-state index in [1.165, 1.54) is 0 Å². The van der Waals surface area contributed by atoms with E-state index < -0.39 is 23.4 Å². The highest BCUT2D eigenvalue weighted by Crippen LogP contribution is 2.11. The highest BCUT2D eigenvalue weighted by molar-refractivity contribution is 6.17. The van der Waals surface area contributed by atoms with Crippen LogP contribution in [-0.4, -0.2) is 42.5 Å². The van der Waals surface area contributed by atoms with Crippen molar-refractivity contribution in [2.75, 3.05) is 19.8 Å². The van der Waals surface area contributed by atoms with Crippen LogP contribution in [0.1, 0.15) is 33.3 Å². The van der Waals surface area contributed by atoms with Crippen molar-refractivity contribution < 1.29 is 23.9 Å². The molecule has 0 unspecified atom stereocenters. The molecule has 1 rings (SSSR count). The summed E-state index contributed by atoms with van der Waals surface area (Å²) >= 11 is 0. The minimum absolute atomic E-state index is 0.0924. The van der Waals surface area contributed by atoms with Crippen LogP contribution in [-0.2, 0) is 30.4 Å². The average Bonchev–Trinajstić information content (AvgIpc) is 2.66. The Morgan fingerprint density at radius 1 is 1.00 bits per heavy atom. The second-order valence-corrected chi connectivity index (χ2v) is 5.81. The maximum absolute atomic E-state index is 12.8. The van der Waals surface area contributed by atoms with Gasteiger partial charge in [-0.3, -0.25) is 4.79 Å². The van der Waals surface area contributed by atoms with Crippen molar-refractivity contribution in [2.24, 2.45) is 0 Å². The smallest absolute Gasteiger partial charge is 0.345 e. The van der Waals surface area contributed by atoms with Gasteiger partial charge in [0.05, 0.1) is 13.2 Å². The van der Waals surface area contributed by atoms with Crippen LogP contribution in [0.25, 0.3) is 0 Å². The summed E-state index contributed by atoms with van der Waals surface area (Å²) in [6.07, 6.45) is 2.91. The van der Waals surface area contributed by atoms with Crippen molar-refractivity contribution in [1.29, 1.82) is 0 Å². The average molecular weight is 373 g/mol. The van der Waals surface area contributed by atoms with Crippen molar-refractivity contribution in [3.63, 3.8) is 0 Å². The predicted octanol–water partition coefficient (Wildman–Crippen LogP) is 3.03. The lowest BCUT2D eigenvalue weighted by molar-refractivity contribution is -0.147. The maximum atomic E-state index is 12.8. The van der Waals surface area contributed by atoms with E-state index in [1.54, 1.807) is 18.7 Å². The van der Waals surface area contributed by atoms with Crippen LogP contribution in [0, 0.1) is 0 Å². The quantitative estimate of drug-likeness (QED) is 0.219. The summed E-state index contributed by atoms with van der Waals surface area (Å²) in [5, 5.41) is 0. The number of esters is 2. The Morgan fingerprint density at radius 2 is 1.56 bits per heavy atom. The van der Waals surface area contributed by atoms with Crippen molar-refractivity contribution in [1.82, 2.24) is 4.90 Å². The summed E-state index contributed by atoms with van der Waals surface area (Å²) in [5.74, 6) is -2.20. The summed E-state index contributed by atoms with van der Waals surface area (Å²) in [7, 11) is 0. The lowest BCUT2D eigenvalue weighted by atomic mass is 10.1. The van der Waals surface area contributed by atoms with E-state index >= 15 is 0 Å². The Morgan fingerprint density at radius 3 is 2.04 bits per heavy atom. The van der Waals surface area contributed by atoms with Crippen LogP contribution in [0.4, 0.5) is 0 Å². The highest BCUT2D eigenvalue weighted by atomic mass is 16.6. The van der Waals surface area contributed by atoms with Crippen LogP contribution in [0.5, 0.6) is 0 Å². The number of nitrogens with zero attached hydrogens (tertiary/aromatic N) is 1. The first-order valence-corrected chi connectivity index (χ1v) is 8.93. The van der Waals surface area contributed by atoms with E-state index in [-0.39, 0.29) is 13.2 Å². The number of rotatable bonds is 9. The van der Waals surface area contributed by atoms with Crippen LogP contribution in [0.3, 0.4) is 0 Å². The predicted molar refractivity (Wildman–Crippen MR) is 103 cm³/mol. The van der Waals surface area contributed by atoms with Gasteiger partial charge in [-0.1, -0.05) is 42.0 Å². The van der Waals surface area contributed by atoms with E-state index in [2.05, 4.69) is 0 Å². The third-order valence-corrected chi connectivity index (χ3v) is 3.72. The molecular weight excluding hydrogens is 346 g/mol. The fraction of sp³-hybridized carbons (Fsp3) is 0.381. The molecule has 0 aliphatic carbocycles. The number of allylic oxidation sites excluding steroid dienone is 1. The van der Waals surface area contributed by atoms with Gasteiger partial charge in [0, 0.05) is 19.2 Å². The van der Waals surface area contributed by atoms with Gasteiger partial charge in [-0.05, 0) is 33.3 Å². The fourth-order valence-electron chi connectivity index (χ4n) is 2.24. The van der Waals surface area contributed by atoms with Gasteiger partial charge in [-0.25, -0.2) is 9.59 Å². The molecule has 6 heteroatoms. The van der Waals surface area contributed by atoms with Gasteiger partial charge in [0.15, 0.2) is 0 Å². The first-order valence-electron chi connectivity index (χ1n) is 8.93. The Balaban J connectivity index is 3.16. The summed E-state index contributed by atoms with van der Waals surface area (Å²) < 4.78 is 9.76. The van der Waals surface area contributed by atoms with E-state index in [1.807, 2.05) is 50.3 Å². The van der Waals surface area contributed by atoms with Gasteiger partial charge in [0.25, 0.3) is 0 Å². The lowest BCUT2D eigenvalue weighted by Crippen LogP contribution is -2.32. The zero-order valence-corrected chi connectivity index (χ0v) is 16.4. The van der Waals surface area contributed by atoms with Crippen molar-refractivity contribution in [3.8, 4) is 0 Å². The number of ether oxygens (including phenoxy) is 2. The molecule has 6 nitrogen and oxygen atoms in total. The minimum atomic E-state index is -0.869. The zero-order chi connectivity index (χ0) is 20.2. The molecule has 0 saturated heterocycles. The van der Waals surface area contributed by atoms with Crippen molar-refractivity contribution in [2.45, 2.75) is 34.2 Å². The fourth-order valence-corrected chi connectivity index (χ4v) is 2.24. The van der Waals surface area contributed by atoms with E-state index in [0.717, 1.165) is 17.2 Å². The molecule has 0 aliphatic heterocycles. The Bertz CT molecular complexity index is 687.